The van der Waals surface area contributed by atoms with E-state index in [4.69, 9.17) is 14.2 Å². The molecule has 1 N–H and O–H groups in total. The highest BCUT2D eigenvalue weighted by atomic mass is 32.1. The summed E-state index contributed by atoms with van der Waals surface area (Å²) >= 11 is 1.29. The molecule has 0 aliphatic carbocycles. The van der Waals surface area contributed by atoms with Gasteiger partial charge in [-0.15, -0.1) is 0 Å². The molecule has 7 nitrogen and oxygen atoms in total. The van der Waals surface area contributed by atoms with Gasteiger partial charge in [-0.25, -0.2) is 9.78 Å². The zero-order valence-electron chi connectivity index (χ0n) is 14.5. The first kappa shape index (κ1) is 17.3. The number of fused-ring (bicyclic) bond motifs is 2. The van der Waals surface area contributed by atoms with Crippen molar-refractivity contribution in [2.24, 2.45) is 0 Å². The van der Waals surface area contributed by atoms with Gasteiger partial charge in [0.1, 0.15) is 13.2 Å². The van der Waals surface area contributed by atoms with Crippen LogP contribution in [0.5, 0.6) is 11.5 Å². The number of nitrogens with one attached hydrogen (secondary N) is 1. The number of hydrogen-bond acceptors (Lipinski definition) is 7. The van der Waals surface area contributed by atoms with Crippen molar-refractivity contribution in [1.82, 2.24) is 4.98 Å². The Labute approximate surface area is 158 Å². The van der Waals surface area contributed by atoms with Crippen LogP contribution in [0.3, 0.4) is 0 Å². The summed E-state index contributed by atoms with van der Waals surface area (Å²) in [6.07, 6.45) is 0. The van der Waals surface area contributed by atoms with Gasteiger partial charge in [-0.3, -0.25) is 10.1 Å². The van der Waals surface area contributed by atoms with Gasteiger partial charge in [0.15, 0.2) is 16.6 Å². The molecular weight excluding hydrogens is 368 g/mol. The molecule has 2 heterocycles. The highest BCUT2D eigenvalue weighted by molar-refractivity contribution is 7.22. The van der Waals surface area contributed by atoms with Crippen LogP contribution in [-0.2, 0) is 4.74 Å². The van der Waals surface area contributed by atoms with Crippen molar-refractivity contribution in [2.75, 3.05) is 25.1 Å². The standard InChI is InChI=1S/C19H16N2O5S/c1-2-24-18(23)12-3-5-13-16(10-12)27-19(20-13)21-17(22)11-4-6-14-15(9-11)26-8-7-25-14/h3-6,9-10H,2,7-8H2,1H3,(H,20,21,22). The van der Waals surface area contributed by atoms with Gasteiger partial charge in [-0.05, 0) is 43.3 Å². The second-order valence-electron chi connectivity index (χ2n) is 5.73. The first-order valence-corrected chi connectivity index (χ1v) is 9.24. The van der Waals surface area contributed by atoms with E-state index < -0.39 is 0 Å². The highest BCUT2D eigenvalue weighted by Crippen LogP contribution is 2.32. The van der Waals surface area contributed by atoms with Crippen molar-refractivity contribution in [3.63, 3.8) is 0 Å². The number of benzene rings is 2. The molecule has 0 unspecified atom stereocenters. The van der Waals surface area contributed by atoms with Crippen molar-refractivity contribution >= 4 is 38.6 Å². The molecule has 0 fully saturated rings. The van der Waals surface area contributed by atoms with Crippen molar-refractivity contribution < 1.29 is 23.8 Å². The van der Waals surface area contributed by atoms with Crippen molar-refractivity contribution in [2.45, 2.75) is 6.92 Å². The Morgan fingerprint density at radius 3 is 2.70 bits per heavy atom. The van der Waals surface area contributed by atoms with Crippen LogP contribution < -0.4 is 14.8 Å². The maximum Gasteiger partial charge on any atom is 0.338 e. The van der Waals surface area contributed by atoms with Crippen LogP contribution in [0.4, 0.5) is 5.13 Å². The molecular formula is C19H16N2O5S. The van der Waals surface area contributed by atoms with E-state index >= 15 is 0 Å². The van der Waals surface area contributed by atoms with E-state index in [0.717, 1.165) is 4.70 Å². The SMILES string of the molecule is CCOC(=O)c1ccc2nc(NC(=O)c3ccc4c(c3)OCCO4)sc2c1. The average molecular weight is 384 g/mol. The maximum atomic E-state index is 12.5. The molecule has 1 aromatic heterocycles. The number of carbonyl (C=O) groups is 2. The molecule has 3 aromatic rings. The Hall–Kier alpha value is -3.13. The number of hydrogen-bond donors (Lipinski definition) is 1. The smallest absolute Gasteiger partial charge is 0.338 e. The predicted octanol–water partition coefficient (Wildman–Crippen LogP) is 3.50. The van der Waals surface area contributed by atoms with Gasteiger partial charge in [0.25, 0.3) is 5.91 Å². The van der Waals surface area contributed by atoms with Gasteiger partial charge in [0, 0.05) is 5.56 Å². The molecule has 27 heavy (non-hydrogen) atoms. The average Bonchev–Trinajstić information content (AvgIpc) is 3.09. The van der Waals surface area contributed by atoms with Crippen LogP contribution in [0.2, 0.25) is 0 Å². The molecule has 0 spiro atoms. The summed E-state index contributed by atoms with van der Waals surface area (Å²) in [4.78, 5) is 28.8. The molecule has 0 radical (unpaired) electrons. The lowest BCUT2D eigenvalue weighted by Crippen LogP contribution is -2.17. The van der Waals surface area contributed by atoms with Gasteiger partial charge in [0.2, 0.25) is 0 Å². The number of ether oxygens (including phenoxy) is 3. The molecule has 8 heteroatoms. The van der Waals surface area contributed by atoms with Gasteiger partial charge in [-0.1, -0.05) is 11.3 Å². The van der Waals surface area contributed by atoms with Crippen LogP contribution in [0.15, 0.2) is 36.4 Å². The third-order valence-corrected chi connectivity index (χ3v) is 4.86. The summed E-state index contributed by atoms with van der Waals surface area (Å²) in [5.41, 5.74) is 1.61. The van der Waals surface area contributed by atoms with Crippen LogP contribution >= 0.6 is 11.3 Å². The minimum atomic E-state index is -0.380. The summed E-state index contributed by atoms with van der Waals surface area (Å²) in [5.74, 6) is 0.507. The third-order valence-electron chi connectivity index (χ3n) is 3.92. The quantitative estimate of drug-likeness (QED) is 0.693. The third kappa shape index (κ3) is 3.56. The molecule has 4 rings (SSSR count). The van der Waals surface area contributed by atoms with E-state index in [1.54, 1.807) is 43.3 Å². The molecule has 2 aromatic carbocycles. The molecule has 0 bridgehead atoms. The summed E-state index contributed by atoms with van der Waals surface area (Å²) in [7, 11) is 0. The van der Waals surface area contributed by atoms with Crippen molar-refractivity contribution in [1.29, 1.82) is 0 Å². The van der Waals surface area contributed by atoms with Crippen LogP contribution in [0.1, 0.15) is 27.6 Å². The monoisotopic (exact) mass is 384 g/mol. The fourth-order valence-electron chi connectivity index (χ4n) is 2.67. The Balaban J connectivity index is 1.54. The molecule has 138 valence electrons. The fraction of sp³-hybridized carbons (Fsp3) is 0.211. The van der Waals surface area contributed by atoms with Crippen LogP contribution in [0.25, 0.3) is 10.2 Å². The zero-order chi connectivity index (χ0) is 18.8. The molecule has 1 aliphatic rings. The lowest BCUT2D eigenvalue weighted by molar-refractivity contribution is 0.0526. The Morgan fingerprint density at radius 2 is 1.89 bits per heavy atom. The largest absolute Gasteiger partial charge is 0.486 e. The minimum absolute atomic E-state index is 0.295. The Bertz CT molecular complexity index is 1030. The van der Waals surface area contributed by atoms with Gasteiger partial charge in [0.05, 0.1) is 22.4 Å². The Morgan fingerprint density at radius 1 is 1.11 bits per heavy atom. The number of esters is 1. The highest BCUT2D eigenvalue weighted by Gasteiger charge is 2.16. The lowest BCUT2D eigenvalue weighted by atomic mass is 10.2. The van der Waals surface area contributed by atoms with Gasteiger partial charge in [-0.2, -0.15) is 0 Å². The number of anilines is 1. The minimum Gasteiger partial charge on any atom is -0.486 e. The predicted molar refractivity (Wildman–Crippen MR) is 101 cm³/mol. The number of aromatic nitrogens is 1. The number of thiazole rings is 1. The maximum absolute atomic E-state index is 12.5. The van der Waals surface area contributed by atoms with Gasteiger partial charge >= 0.3 is 5.97 Å². The van der Waals surface area contributed by atoms with E-state index in [0.29, 0.717) is 53.1 Å². The van der Waals surface area contributed by atoms with Crippen LogP contribution in [-0.4, -0.2) is 36.7 Å². The van der Waals surface area contributed by atoms with Crippen molar-refractivity contribution in [3.8, 4) is 11.5 Å². The Kier molecular flexibility index (Phi) is 4.64. The van der Waals surface area contributed by atoms with Crippen molar-refractivity contribution in [3.05, 3.63) is 47.5 Å². The number of amides is 1. The lowest BCUT2D eigenvalue weighted by Gasteiger charge is -2.18. The second-order valence-corrected chi connectivity index (χ2v) is 6.77. The van der Waals surface area contributed by atoms with E-state index in [1.165, 1.54) is 11.3 Å². The second kappa shape index (κ2) is 7.24. The molecule has 0 saturated heterocycles. The topological polar surface area (TPSA) is 86.8 Å². The molecule has 0 atom stereocenters. The van der Waals surface area contributed by atoms with Gasteiger partial charge < -0.3 is 14.2 Å². The fourth-order valence-corrected chi connectivity index (χ4v) is 3.57. The normalized spacial score (nSPS) is 12.6. The van der Waals surface area contributed by atoms with E-state index in [9.17, 15) is 9.59 Å². The number of carbonyl (C=O) groups excluding carboxylic acids is 2. The van der Waals surface area contributed by atoms with E-state index in [2.05, 4.69) is 10.3 Å². The molecule has 1 aliphatic heterocycles. The number of nitrogens with zero attached hydrogens (tertiary/aromatic N) is 1. The first-order valence-electron chi connectivity index (χ1n) is 8.43. The summed E-state index contributed by atoms with van der Waals surface area (Å²) in [5, 5.41) is 3.23. The first-order chi connectivity index (χ1) is 13.1. The zero-order valence-corrected chi connectivity index (χ0v) is 15.3. The van der Waals surface area contributed by atoms with Crippen LogP contribution in [0, 0.1) is 0 Å². The summed E-state index contributed by atoms with van der Waals surface area (Å²) in [6, 6.07) is 10.1. The van der Waals surface area contributed by atoms with E-state index in [1.807, 2.05) is 0 Å². The van der Waals surface area contributed by atoms with E-state index in [-0.39, 0.29) is 11.9 Å². The number of rotatable bonds is 4. The summed E-state index contributed by atoms with van der Waals surface area (Å²) < 4.78 is 16.8. The molecule has 1 amide bonds. The molecule has 0 saturated carbocycles. The summed E-state index contributed by atoms with van der Waals surface area (Å²) in [6.45, 7) is 3.03.